The van der Waals surface area contributed by atoms with E-state index in [1.165, 1.54) is 0 Å². The number of esters is 2. The molecule has 116 valence electrons. The lowest BCUT2D eigenvalue weighted by atomic mass is 10.1. The van der Waals surface area contributed by atoms with Gasteiger partial charge in [-0.3, -0.25) is 9.59 Å². The molecule has 0 amide bonds. The number of hydrogen-bond donors (Lipinski definition) is 2. The van der Waals surface area contributed by atoms with Crippen LogP contribution >= 0.6 is 24.8 Å². The molecule has 0 aromatic carbocycles. The van der Waals surface area contributed by atoms with Crippen molar-refractivity contribution >= 4 is 36.8 Å². The minimum Gasteiger partial charge on any atom is -0.465 e. The third-order valence-corrected chi connectivity index (χ3v) is 2.21. The summed E-state index contributed by atoms with van der Waals surface area (Å²) in [5.74, 6) is -0.839. The van der Waals surface area contributed by atoms with E-state index in [2.05, 4.69) is 0 Å². The Labute approximate surface area is 126 Å². The Morgan fingerprint density at radius 1 is 0.895 bits per heavy atom. The largest absolute Gasteiger partial charge is 0.465 e. The highest BCUT2D eigenvalue weighted by atomic mass is 35.5. The molecule has 0 heterocycles. The summed E-state index contributed by atoms with van der Waals surface area (Å²) in [6, 6.07) is -1.30. The second-order valence-electron chi connectivity index (χ2n) is 3.65. The molecule has 0 bridgehead atoms. The molecule has 19 heavy (non-hydrogen) atoms. The van der Waals surface area contributed by atoms with Crippen LogP contribution in [0.25, 0.3) is 0 Å². The van der Waals surface area contributed by atoms with Gasteiger partial charge in [-0.05, 0) is 33.1 Å². The zero-order chi connectivity index (χ0) is 13.3. The zero-order valence-electron chi connectivity index (χ0n) is 11.3. The standard InChI is InChI=1S/C11H22N2O4.2ClH/c1-3-16-10(14)8(12)6-5-7-9(13)11(15)17-4-2;;/h8-9H,3-7,12-13H2,1-2H3;2*1H. The van der Waals surface area contributed by atoms with Gasteiger partial charge in [-0.15, -0.1) is 24.8 Å². The van der Waals surface area contributed by atoms with Gasteiger partial charge in [-0.25, -0.2) is 0 Å². The third kappa shape index (κ3) is 11.0. The van der Waals surface area contributed by atoms with Gasteiger partial charge in [0.15, 0.2) is 0 Å². The number of rotatable bonds is 8. The van der Waals surface area contributed by atoms with Crippen molar-refractivity contribution in [3.8, 4) is 0 Å². The van der Waals surface area contributed by atoms with E-state index < -0.39 is 24.0 Å². The maximum atomic E-state index is 11.2. The van der Waals surface area contributed by atoms with Crippen LogP contribution in [0.4, 0.5) is 0 Å². The molecule has 6 nitrogen and oxygen atoms in total. The highest BCUT2D eigenvalue weighted by Crippen LogP contribution is 2.04. The second kappa shape index (κ2) is 13.9. The van der Waals surface area contributed by atoms with Crippen LogP contribution in [0, 0.1) is 0 Å². The Bertz CT molecular complexity index is 231. The number of carbonyl (C=O) groups is 2. The lowest BCUT2D eigenvalue weighted by Gasteiger charge is -2.12. The Balaban J connectivity index is -0.00000128. The molecule has 2 unspecified atom stereocenters. The first-order valence-electron chi connectivity index (χ1n) is 5.87. The fraction of sp³-hybridized carbons (Fsp3) is 0.818. The number of hydrogen-bond acceptors (Lipinski definition) is 6. The normalized spacial score (nSPS) is 12.4. The van der Waals surface area contributed by atoms with Crippen LogP contribution in [-0.4, -0.2) is 37.2 Å². The Morgan fingerprint density at radius 2 is 1.21 bits per heavy atom. The van der Waals surface area contributed by atoms with Crippen molar-refractivity contribution in [2.24, 2.45) is 11.5 Å². The quantitative estimate of drug-likeness (QED) is 0.641. The molecular weight excluding hydrogens is 295 g/mol. The SMILES string of the molecule is CCOC(=O)C(N)CCCC(N)C(=O)OCC.Cl.Cl. The van der Waals surface area contributed by atoms with Gasteiger partial charge in [0.25, 0.3) is 0 Å². The first-order chi connectivity index (χ1) is 8.02. The first kappa shape index (κ1) is 23.5. The molecule has 0 aromatic heterocycles. The van der Waals surface area contributed by atoms with Gasteiger partial charge < -0.3 is 20.9 Å². The monoisotopic (exact) mass is 318 g/mol. The average molecular weight is 319 g/mol. The Kier molecular flexibility index (Phi) is 17.2. The number of ether oxygens (including phenoxy) is 2. The smallest absolute Gasteiger partial charge is 0.322 e. The topological polar surface area (TPSA) is 105 Å². The van der Waals surface area contributed by atoms with E-state index in [-0.39, 0.29) is 24.8 Å². The van der Waals surface area contributed by atoms with E-state index in [9.17, 15) is 9.59 Å². The zero-order valence-corrected chi connectivity index (χ0v) is 12.9. The van der Waals surface area contributed by atoms with Crippen LogP contribution in [0.15, 0.2) is 0 Å². The molecule has 0 rings (SSSR count). The molecule has 0 saturated carbocycles. The van der Waals surface area contributed by atoms with E-state index in [4.69, 9.17) is 20.9 Å². The molecule has 2 atom stereocenters. The molecule has 0 saturated heterocycles. The minimum atomic E-state index is -0.649. The van der Waals surface area contributed by atoms with Crippen molar-refractivity contribution in [1.29, 1.82) is 0 Å². The van der Waals surface area contributed by atoms with Crippen molar-refractivity contribution in [2.75, 3.05) is 13.2 Å². The van der Waals surface area contributed by atoms with Crippen molar-refractivity contribution in [3.05, 3.63) is 0 Å². The van der Waals surface area contributed by atoms with Gasteiger partial charge in [0.2, 0.25) is 0 Å². The van der Waals surface area contributed by atoms with E-state index >= 15 is 0 Å². The van der Waals surface area contributed by atoms with Crippen LogP contribution in [0.1, 0.15) is 33.1 Å². The average Bonchev–Trinajstić information content (AvgIpc) is 2.29. The third-order valence-electron chi connectivity index (χ3n) is 2.21. The van der Waals surface area contributed by atoms with E-state index in [1.807, 2.05) is 0 Å². The van der Waals surface area contributed by atoms with Gasteiger partial charge >= 0.3 is 11.9 Å². The lowest BCUT2D eigenvalue weighted by molar-refractivity contribution is -0.145. The number of halogens is 2. The summed E-state index contributed by atoms with van der Waals surface area (Å²) in [6.07, 6.45) is 1.48. The van der Waals surface area contributed by atoms with Crippen LogP contribution in [0.3, 0.4) is 0 Å². The molecular formula is C11H24Cl2N2O4. The molecule has 0 fully saturated rings. The fourth-order valence-corrected chi connectivity index (χ4v) is 1.29. The van der Waals surface area contributed by atoms with Crippen molar-refractivity contribution in [1.82, 2.24) is 0 Å². The summed E-state index contributed by atoms with van der Waals surface area (Å²) in [5.41, 5.74) is 11.2. The minimum absolute atomic E-state index is 0. The van der Waals surface area contributed by atoms with E-state index in [1.54, 1.807) is 13.8 Å². The summed E-state index contributed by atoms with van der Waals surface area (Å²) >= 11 is 0. The first-order valence-corrected chi connectivity index (χ1v) is 5.87. The summed E-state index contributed by atoms with van der Waals surface area (Å²) in [7, 11) is 0. The van der Waals surface area contributed by atoms with Gasteiger partial charge in [0.05, 0.1) is 13.2 Å². The van der Waals surface area contributed by atoms with Crippen molar-refractivity contribution in [3.63, 3.8) is 0 Å². The molecule has 0 aliphatic rings. The highest BCUT2D eigenvalue weighted by Gasteiger charge is 2.17. The van der Waals surface area contributed by atoms with Crippen LogP contribution in [0.5, 0.6) is 0 Å². The molecule has 0 radical (unpaired) electrons. The van der Waals surface area contributed by atoms with Crippen LogP contribution in [0.2, 0.25) is 0 Å². The highest BCUT2D eigenvalue weighted by molar-refractivity contribution is 5.85. The van der Waals surface area contributed by atoms with E-state index in [0.29, 0.717) is 32.5 Å². The summed E-state index contributed by atoms with van der Waals surface area (Å²) in [6.45, 7) is 4.08. The fourth-order valence-electron chi connectivity index (χ4n) is 1.29. The van der Waals surface area contributed by atoms with Crippen LogP contribution in [-0.2, 0) is 19.1 Å². The van der Waals surface area contributed by atoms with Gasteiger partial charge in [-0.1, -0.05) is 0 Å². The summed E-state index contributed by atoms with van der Waals surface area (Å²) in [5, 5.41) is 0. The maximum absolute atomic E-state index is 11.2. The molecule has 0 aliphatic carbocycles. The molecule has 0 spiro atoms. The van der Waals surface area contributed by atoms with E-state index in [0.717, 1.165) is 0 Å². The summed E-state index contributed by atoms with van der Waals surface area (Å²) in [4.78, 5) is 22.4. The summed E-state index contributed by atoms with van der Waals surface area (Å²) < 4.78 is 9.52. The molecule has 0 aliphatic heterocycles. The van der Waals surface area contributed by atoms with Gasteiger partial charge in [0.1, 0.15) is 12.1 Å². The Hall–Kier alpha value is -0.560. The molecule has 8 heteroatoms. The molecule has 0 aromatic rings. The Morgan fingerprint density at radius 3 is 1.47 bits per heavy atom. The number of carbonyl (C=O) groups excluding carboxylic acids is 2. The second-order valence-corrected chi connectivity index (χ2v) is 3.65. The van der Waals surface area contributed by atoms with Crippen molar-refractivity contribution < 1.29 is 19.1 Å². The van der Waals surface area contributed by atoms with Crippen molar-refractivity contribution in [2.45, 2.75) is 45.2 Å². The number of nitrogens with two attached hydrogens (primary N) is 2. The predicted molar refractivity (Wildman–Crippen MR) is 77.6 cm³/mol. The van der Waals surface area contributed by atoms with Gasteiger partial charge in [-0.2, -0.15) is 0 Å². The molecule has 4 N–H and O–H groups in total. The van der Waals surface area contributed by atoms with Crippen LogP contribution < -0.4 is 11.5 Å². The maximum Gasteiger partial charge on any atom is 0.322 e. The van der Waals surface area contributed by atoms with Gasteiger partial charge in [0, 0.05) is 0 Å². The predicted octanol–water partition coefficient (Wildman–Crippen LogP) is 0.781. The lowest BCUT2D eigenvalue weighted by Crippen LogP contribution is -2.35.